The molecule has 0 amide bonds. The highest BCUT2D eigenvalue weighted by atomic mass is 15.2. The van der Waals surface area contributed by atoms with Crippen LogP contribution >= 0.6 is 0 Å². The summed E-state index contributed by atoms with van der Waals surface area (Å²) in [6.45, 7) is 11.1. The van der Waals surface area contributed by atoms with Gasteiger partial charge >= 0.3 is 0 Å². The topological polar surface area (TPSA) is 3.24 Å². The average Bonchev–Trinajstić information content (AvgIpc) is 2.61. The van der Waals surface area contributed by atoms with Gasteiger partial charge in [0, 0.05) is 24.4 Å². The molecular weight excluding hydrogens is 182 g/mol. The van der Waals surface area contributed by atoms with Gasteiger partial charge in [-0.1, -0.05) is 31.6 Å². The summed E-state index contributed by atoms with van der Waals surface area (Å²) in [4.78, 5) is 2.34. The normalized spacial score (nSPS) is 20.1. The summed E-state index contributed by atoms with van der Waals surface area (Å²) in [6.07, 6.45) is 10.00. The van der Waals surface area contributed by atoms with E-state index in [-0.39, 0.29) is 0 Å². The molecule has 0 N–H and O–H groups in total. The molecule has 0 saturated heterocycles. The van der Waals surface area contributed by atoms with Crippen LogP contribution in [0.4, 0.5) is 0 Å². The molecule has 1 heterocycles. The fourth-order valence-corrected chi connectivity index (χ4v) is 1.57. The highest BCUT2D eigenvalue weighted by molar-refractivity contribution is 5.24. The van der Waals surface area contributed by atoms with E-state index in [4.69, 9.17) is 0 Å². The third kappa shape index (κ3) is 3.26. The number of hydrogen-bond donors (Lipinski definition) is 0. The zero-order valence-electron chi connectivity index (χ0n) is 10.6. The average molecular weight is 205 g/mol. The van der Waals surface area contributed by atoms with Crippen molar-refractivity contribution in [2.24, 2.45) is 5.92 Å². The Morgan fingerprint density at radius 2 is 2.00 bits per heavy atom. The van der Waals surface area contributed by atoms with E-state index in [9.17, 15) is 0 Å². The fraction of sp³-hybridized carbons (Fsp3) is 0.571. The molecule has 0 bridgehead atoms. The van der Waals surface area contributed by atoms with Crippen LogP contribution in [-0.2, 0) is 0 Å². The molecule has 0 unspecified atom stereocenters. The zero-order chi connectivity index (χ0) is 11.4. The summed E-state index contributed by atoms with van der Waals surface area (Å²) in [5.41, 5.74) is 2.85. The minimum atomic E-state index is 0.558. The van der Waals surface area contributed by atoms with Crippen LogP contribution in [0.25, 0.3) is 0 Å². The van der Waals surface area contributed by atoms with Crippen molar-refractivity contribution < 1.29 is 0 Å². The maximum atomic E-state index is 2.34. The second kappa shape index (κ2) is 5.20. The first kappa shape index (κ1) is 12.1. The van der Waals surface area contributed by atoms with Gasteiger partial charge in [-0.15, -0.1) is 0 Å². The van der Waals surface area contributed by atoms with E-state index in [1.165, 1.54) is 11.3 Å². The zero-order valence-corrected chi connectivity index (χ0v) is 10.6. The van der Waals surface area contributed by atoms with Crippen molar-refractivity contribution in [2.45, 2.75) is 47.1 Å². The molecule has 0 spiro atoms. The Morgan fingerprint density at radius 1 is 1.33 bits per heavy atom. The van der Waals surface area contributed by atoms with Crippen LogP contribution < -0.4 is 0 Å². The molecule has 0 atom stereocenters. The van der Waals surface area contributed by atoms with Gasteiger partial charge in [0.2, 0.25) is 0 Å². The number of rotatable bonds is 3. The largest absolute Gasteiger partial charge is 0.349 e. The van der Waals surface area contributed by atoms with Crippen LogP contribution in [0.3, 0.4) is 0 Å². The Balaban J connectivity index is 2.72. The Kier molecular flexibility index (Phi) is 4.19. The summed E-state index contributed by atoms with van der Waals surface area (Å²) in [5.74, 6) is 0.642. The summed E-state index contributed by atoms with van der Waals surface area (Å²) < 4.78 is 0. The summed E-state index contributed by atoms with van der Waals surface area (Å²) in [6, 6.07) is 0.558. The molecule has 1 nitrogen and oxygen atoms in total. The number of hydrogen-bond acceptors (Lipinski definition) is 1. The van der Waals surface area contributed by atoms with Crippen molar-refractivity contribution in [3.8, 4) is 0 Å². The molecule has 1 aliphatic heterocycles. The first-order valence-corrected chi connectivity index (χ1v) is 5.84. The van der Waals surface area contributed by atoms with Crippen LogP contribution in [0.5, 0.6) is 0 Å². The highest BCUT2D eigenvalue weighted by Gasteiger charge is 2.13. The van der Waals surface area contributed by atoms with E-state index >= 15 is 0 Å². The molecule has 0 aromatic carbocycles. The molecular formula is C14H23N. The van der Waals surface area contributed by atoms with Crippen molar-refractivity contribution in [1.82, 2.24) is 4.90 Å². The van der Waals surface area contributed by atoms with E-state index in [0.717, 1.165) is 6.42 Å². The Bertz CT molecular complexity index is 292. The molecule has 84 valence electrons. The van der Waals surface area contributed by atoms with E-state index < -0.39 is 0 Å². The van der Waals surface area contributed by atoms with Gasteiger partial charge in [-0.05, 0) is 32.8 Å². The van der Waals surface area contributed by atoms with Gasteiger partial charge in [0.1, 0.15) is 0 Å². The van der Waals surface area contributed by atoms with Crippen LogP contribution in [0.2, 0.25) is 0 Å². The lowest BCUT2D eigenvalue weighted by atomic mass is 10.0. The Morgan fingerprint density at radius 3 is 2.53 bits per heavy atom. The second-order valence-electron chi connectivity index (χ2n) is 4.81. The summed E-state index contributed by atoms with van der Waals surface area (Å²) in [5, 5.41) is 0. The Labute approximate surface area is 94.2 Å². The molecule has 0 radical (unpaired) electrons. The van der Waals surface area contributed by atoms with Gasteiger partial charge in [0.05, 0.1) is 0 Å². The van der Waals surface area contributed by atoms with Crippen LogP contribution in [0.15, 0.2) is 35.7 Å². The van der Waals surface area contributed by atoms with Crippen LogP contribution in [0.1, 0.15) is 41.0 Å². The Hall–Kier alpha value is -0.980. The van der Waals surface area contributed by atoms with Gasteiger partial charge in [-0.2, -0.15) is 0 Å². The molecule has 0 aromatic heterocycles. The molecule has 0 saturated carbocycles. The fourth-order valence-electron chi connectivity index (χ4n) is 1.57. The summed E-state index contributed by atoms with van der Waals surface area (Å²) >= 11 is 0. The lowest BCUT2D eigenvalue weighted by Crippen LogP contribution is -2.21. The molecule has 15 heavy (non-hydrogen) atoms. The van der Waals surface area contributed by atoms with Crippen molar-refractivity contribution in [3.05, 3.63) is 35.7 Å². The predicted molar refractivity (Wildman–Crippen MR) is 67.4 cm³/mol. The quantitative estimate of drug-likeness (QED) is 0.670. The van der Waals surface area contributed by atoms with Gasteiger partial charge in [-0.3, -0.25) is 0 Å². The molecule has 1 aliphatic rings. The first-order valence-electron chi connectivity index (χ1n) is 5.84. The lowest BCUT2D eigenvalue weighted by Gasteiger charge is -2.22. The molecule has 0 aliphatic carbocycles. The molecule has 1 heteroatoms. The number of allylic oxidation sites excluding steroid dienone is 4. The highest BCUT2D eigenvalue weighted by Crippen LogP contribution is 2.21. The van der Waals surface area contributed by atoms with E-state index in [1.54, 1.807) is 0 Å². The minimum Gasteiger partial charge on any atom is -0.349 e. The second-order valence-corrected chi connectivity index (χ2v) is 4.81. The predicted octanol–water partition coefficient (Wildman–Crippen LogP) is 4.10. The van der Waals surface area contributed by atoms with E-state index in [0.29, 0.717) is 12.0 Å². The van der Waals surface area contributed by atoms with Gasteiger partial charge in [0.15, 0.2) is 0 Å². The first-order chi connectivity index (χ1) is 7.02. The SMILES string of the molecule is C/C(=C\C=C1/CC=CN1C(C)C)C(C)C. The molecule has 0 fully saturated rings. The van der Waals surface area contributed by atoms with E-state index in [2.05, 4.69) is 63.9 Å². The van der Waals surface area contributed by atoms with Gasteiger partial charge in [0.25, 0.3) is 0 Å². The minimum absolute atomic E-state index is 0.558. The van der Waals surface area contributed by atoms with Crippen LogP contribution in [0, 0.1) is 5.92 Å². The third-order valence-corrected chi connectivity index (χ3v) is 2.93. The van der Waals surface area contributed by atoms with Gasteiger partial charge in [-0.25, -0.2) is 0 Å². The van der Waals surface area contributed by atoms with Crippen molar-refractivity contribution in [1.29, 1.82) is 0 Å². The lowest BCUT2D eigenvalue weighted by molar-refractivity contribution is 0.394. The maximum absolute atomic E-state index is 2.34. The monoisotopic (exact) mass is 205 g/mol. The standard InChI is InChI=1S/C14H23N/c1-11(2)13(5)8-9-14-7-6-10-15(14)12(3)4/h6,8-12H,7H2,1-5H3/b13-8+,14-9+. The maximum Gasteiger partial charge on any atom is 0.0276 e. The van der Waals surface area contributed by atoms with Gasteiger partial charge < -0.3 is 4.90 Å². The molecule has 0 aromatic rings. The third-order valence-electron chi connectivity index (χ3n) is 2.93. The smallest absolute Gasteiger partial charge is 0.0276 e. The molecule has 1 rings (SSSR count). The van der Waals surface area contributed by atoms with Crippen molar-refractivity contribution in [2.75, 3.05) is 0 Å². The summed E-state index contributed by atoms with van der Waals surface area (Å²) in [7, 11) is 0. The number of nitrogens with zero attached hydrogens (tertiary/aromatic N) is 1. The van der Waals surface area contributed by atoms with Crippen molar-refractivity contribution >= 4 is 0 Å². The van der Waals surface area contributed by atoms with Crippen LogP contribution in [-0.4, -0.2) is 10.9 Å². The van der Waals surface area contributed by atoms with E-state index in [1.807, 2.05) is 0 Å². The van der Waals surface area contributed by atoms with Crippen molar-refractivity contribution in [3.63, 3.8) is 0 Å².